The Morgan fingerprint density at radius 2 is 1.91 bits per heavy atom. The number of carbonyl (C=O) groups is 2. The van der Waals surface area contributed by atoms with Crippen LogP contribution in [0.2, 0.25) is 0 Å². The number of ether oxygens (including phenoxy) is 3. The Morgan fingerprint density at radius 1 is 1.09 bits per heavy atom. The molecule has 0 bridgehead atoms. The molecule has 2 aliphatic rings. The molecule has 1 N–H and O–H groups in total. The Balaban J connectivity index is 1.26. The van der Waals surface area contributed by atoms with Gasteiger partial charge in [-0.1, -0.05) is 11.2 Å². The zero-order valence-corrected chi connectivity index (χ0v) is 18.8. The zero-order valence-electron chi connectivity index (χ0n) is 18.8. The molecule has 2 aromatic carbocycles. The van der Waals surface area contributed by atoms with Crippen LogP contribution in [0.25, 0.3) is 11.3 Å². The highest BCUT2D eigenvalue weighted by Crippen LogP contribution is 2.32. The van der Waals surface area contributed by atoms with Gasteiger partial charge in [-0.15, -0.1) is 0 Å². The van der Waals surface area contributed by atoms with E-state index >= 15 is 0 Å². The van der Waals surface area contributed by atoms with Crippen molar-refractivity contribution in [2.75, 3.05) is 20.4 Å². The summed E-state index contributed by atoms with van der Waals surface area (Å²) in [6.07, 6.45) is 2.31. The first-order valence-electron chi connectivity index (χ1n) is 11.2. The summed E-state index contributed by atoms with van der Waals surface area (Å²) >= 11 is 0. The third kappa shape index (κ3) is 4.41. The van der Waals surface area contributed by atoms with Crippen LogP contribution in [0.1, 0.15) is 35.3 Å². The van der Waals surface area contributed by atoms with Gasteiger partial charge in [-0.3, -0.25) is 9.59 Å². The van der Waals surface area contributed by atoms with Crippen LogP contribution in [0.5, 0.6) is 17.2 Å². The molecular formula is C25H25N3O6. The fourth-order valence-electron chi connectivity index (χ4n) is 4.22. The summed E-state index contributed by atoms with van der Waals surface area (Å²) in [5, 5.41) is 6.93. The van der Waals surface area contributed by atoms with Crippen molar-refractivity contribution in [3.63, 3.8) is 0 Å². The number of benzene rings is 2. The maximum absolute atomic E-state index is 13.2. The summed E-state index contributed by atoms with van der Waals surface area (Å²) in [5.41, 5.74) is 1.86. The molecule has 1 fully saturated rings. The number of nitrogens with zero attached hydrogens (tertiary/aromatic N) is 2. The van der Waals surface area contributed by atoms with Gasteiger partial charge in [-0.2, -0.15) is 0 Å². The van der Waals surface area contributed by atoms with Gasteiger partial charge in [-0.05, 0) is 61.2 Å². The normalized spacial score (nSPS) is 16.9. The van der Waals surface area contributed by atoms with Crippen molar-refractivity contribution in [2.24, 2.45) is 0 Å². The maximum Gasteiger partial charge on any atom is 0.276 e. The summed E-state index contributed by atoms with van der Waals surface area (Å²) in [6.45, 7) is 1.03. The second-order valence-corrected chi connectivity index (χ2v) is 8.22. The second kappa shape index (κ2) is 9.46. The van der Waals surface area contributed by atoms with Crippen molar-refractivity contribution >= 4 is 11.8 Å². The molecule has 0 radical (unpaired) electrons. The number of nitrogens with one attached hydrogen (secondary N) is 1. The first-order chi connectivity index (χ1) is 16.6. The van der Waals surface area contributed by atoms with Gasteiger partial charge < -0.3 is 29.0 Å². The third-order valence-corrected chi connectivity index (χ3v) is 6.07. The largest absolute Gasteiger partial charge is 0.497 e. The molecular weight excluding hydrogens is 438 g/mol. The molecule has 5 rings (SSSR count). The average Bonchev–Trinajstić information content (AvgIpc) is 3.56. The minimum absolute atomic E-state index is 0.182. The molecule has 3 heterocycles. The number of hydrogen-bond acceptors (Lipinski definition) is 7. The van der Waals surface area contributed by atoms with Gasteiger partial charge in [0.25, 0.3) is 5.91 Å². The van der Waals surface area contributed by atoms with Gasteiger partial charge in [0, 0.05) is 24.7 Å². The van der Waals surface area contributed by atoms with E-state index < -0.39 is 6.04 Å². The van der Waals surface area contributed by atoms with Crippen molar-refractivity contribution in [3.8, 4) is 28.6 Å². The molecule has 2 amide bonds. The number of methoxy groups -OCH3 is 1. The lowest BCUT2D eigenvalue weighted by molar-refractivity contribution is -0.126. The topological polar surface area (TPSA) is 103 Å². The SMILES string of the molecule is COc1ccc(-c2cc(C(=O)N3CCCC[C@H]3C(=O)NCc3ccc4c(c3)OCO4)no2)cc1. The Hall–Kier alpha value is -4.01. The Bertz CT molecular complexity index is 1190. The van der Waals surface area contributed by atoms with Crippen LogP contribution in [-0.2, 0) is 11.3 Å². The van der Waals surface area contributed by atoms with E-state index in [2.05, 4.69) is 10.5 Å². The number of aromatic nitrogens is 1. The molecule has 1 saturated heterocycles. The summed E-state index contributed by atoms with van der Waals surface area (Å²) in [7, 11) is 1.60. The van der Waals surface area contributed by atoms with Crippen LogP contribution in [0.4, 0.5) is 0 Å². The van der Waals surface area contributed by atoms with E-state index in [1.54, 1.807) is 18.1 Å². The van der Waals surface area contributed by atoms with Crippen molar-refractivity contribution in [1.29, 1.82) is 0 Å². The second-order valence-electron chi connectivity index (χ2n) is 8.22. The Labute approximate surface area is 196 Å². The molecule has 0 aliphatic carbocycles. The molecule has 9 nitrogen and oxygen atoms in total. The number of amides is 2. The molecule has 0 saturated carbocycles. The van der Waals surface area contributed by atoms with E-state index in [1.807, 2.05) is 42.5 Å². The van der Waals surface area contributed by atoms with Crippen LogP contribution in [0.15, 0.2) is 53.1 Å². The fourth-order valence-corrected chi connectivity index (χ4v) is 4.22. The highest BCUT2D eigenvalue weighted by molar-refractivity contribution is 5.96. The lowest BCUT2D eigenvalue weighted by atomic mass is 10.0. The molecule has 0 spiro atoms. The van der Waals surface area contributed by atoms with Gasteiger partial charge >= 0.3 is 0 Å². The number of hydrogen-bond donors (Lipinski definition) is 1. The predicted octanol–water partition coefficient (Wildman–Crippen LogP) is 3.39. The highest BCUT2D eigenvalue weighted by Gasteiger charge is 2.34. The fraction of sp³-hybridized carbons (Fsp3) is 0.320. The van der Waals surface area contributed by atoms with Crippen molar-refractivity contribution in [3.05, 3.63) is 59.8 Å². The summed E-state index contributed by atoms with van der Waals surface area (Å²) in [6, 6.07) is 13.9. The summed E-state index contributed by atoms with van der Waals surface area (Å²) in [5.74, 6) is 2.06. The zero-order chi connectivity index (χ0) is 23.5. The summed E-state index contributed by atoms with van der Waals surface area (Å²) < 4.78 is 21.3. The minimum atomic E-state index is -0.559. The molecule has 34 heavy (non-hydrogen) atoms. The molecule has 9 heteroatoms. The lowest BCUT2D eigenvalue weighted by Gasteiger charge is -2.34. The molecule has 2 aliphatic heterocycles. The molecule has 176 valence electrons. The van der Waals surface area contributed by atoms with Gasteiger partial charge in [0.05, 0.1) is 7.11 Å². The van der Waals surface area contributed by atoms with E-state index in [1.165, 1.54) is 0 Å². The van der Waals surface area contributed by atoms with Crippen LogP contribution < -0.4 is 19.5 Å². The number of rotatable bonds is 6. The number of carbonyl (C=O) groups excluding carboxylic acids is 2. The van der Waals surface area contributed by atoms with Gasteiger partial charge in [0.2, 0.25) is 12.7 Å². The van der Waals surface area contributed by atoms with Crippen LogP contribution >= 0.6 is 0 Å². The van der Waals surface area contributed by atoms with Crippen molar-refractivity contribution in [1.82, 2.24) is 15.4 Å². The van der Waals surface area contributed by atoms with Crippen molar-refractivity contribution < 1.29 is 28.3 Å². The molecule has 3 aromatic rings. The van der Waals surface area contributed by atoms with Gasteiger partial charge in [0.15, 0.2) is 23.0 Å². The van der Waals surface area contributed by atoms with E-state index in [-0.39, 0.29) is 24.3 Å². The van der Waals surface area contributed by atoms with E-state index in [9.17, 15) is 9.59 Å². The molecule has 1 aromatic heterocycles. The Kier molecular flexibility index (Phi) is 6.07. The van der Waals surface area contributed by atoms with E-state index in [0.717, 1.165) is 29.7 Å². The monoisotopic (exact) mass is 463 g/mol. The molecule has 0 unspecified atom stereocenters. The smallest absolute Gasteiger partial charge is 0.276 e. The number of piperidine rings is 1. The first-order valence-corrected chi connectivity index (χ1v) is 11.2. The number of likely N-dealkylation sites (tertiary alicyclic amines) is 1. The maximum atomic E-state index is 13.2. The van der Waals surface area contributed by atoms with Crippen LogP contribution in [-0.4, -0.2) is 48.4 Å². The Morgan fingerprint density at radius 3 is 2.74 bits per heavy atom. The quantitative estimate of drug-likeness (QED) is 0.598. The minimum Gasteiger partial charge on any atom is -0.497 e. The van der Waals surface area contributed by atoms with Gasteiger partial charge in [-0.25, -0.2) is 0 Å². The van der Waals surface area contributed by atoms with Crippen molar-refractivity contribution in [2.45, 2.75) is 31.8 Å². The lowest BCUT2D eigenvalue weighted by Crippen LogP contribution is -2.51. The molecule has 1 atom stereocenters. The third-order valence-electron chi connectivity index (χ3n) is 6.07. The van der Waals surface area contributed by atoms with Crippen LogP contribution in [0.3, 0.4) is 0 Å². The van der Waals surface area contributed by atoms with E-state index in [0.29, 0.717) is 36.8 Å². The predicted molar refractivity (Wildman–Crippen MR) is 122 cm³/mol. The number of fused-ring (bicyclic) bond motifs is 1. The standard InChI is InChI=1S/C25H25N3O6/c1-31-18-8-6-17(7-9-18)22-13-19(27-34-22)25(30)28-11-3-2-4-20(28)24(29)26-14-16-5-10-21-23(12-16)33-15-32-21/h5-10,12-13,20H,2-4,11,14-15H2,1H3,(H,26,29)/t20-/m0/s1. The highest BCUT2D eigenvalue weighted by atomic mass is 16.7. The average molecular weight is 463 g/mol. The van der Waals surface area contributed by atoms with E-state index in [4.69, 9.17) is 18.7 Å². The summed E-state index contributed by atoms with van der Waals surface area (Å²) in [4.78, 5) is 27.8. The van der Waals surface area contributed by atoms with Crippen LogP contribution in [0, 0.1) is 0 Å². The first kappa shape index (κ1) is 21.8. The van der Waals surface area contributed by atoms with Gasteiger partial charge in [0.1, 0.15) is 11.8 Å².